The predicted octanol–water partition coefficient (Wildman–Crippen LogP) is 2.34. The smallest absolute Gasteiger partial charge is 0.227 e. The van der Waals surface area contributed by atoms with Gasteiger partial charge in [0.15, 0.2) is 0 Å². The number of nitrogens with one attached hydrogen (secondary N) is 1. The first-order chi connectivity index (χ1) is 11.5. The standard InChI is InChI=1S/C17H20FN5O/c1-12-11-16(20-15-5-3-14(18)4-6-15)21-17(19-12)23-9-7-22(8-10-23)13(2)24/h3-6,11H,7-10H2,1-2H3,(H,19,20,21). The molecule has 7 heteroatoms. The highest BCUT2D eigenvalue weighted by atomic mass is 19.1. The maximum atomic E-state index is 13.0. The molecule has 1 fully saturated rings. The van der Waals surface area contributed by atoms with Crippen LogP contribution >= 0.6 is 0 Å². The lowest BCUT2D eigenvalue weighted by Gasteiger charge is -2.34. The molecule has 24 heavy (non-hydrogen) atoms. The Morgan fingerprint density at radius 3 is 2.42 bits per heavy atom. The van der Waals surface area contributed by atoms with E-state index in [0.29, 0.717) is 37.9 Å². The second-order valence-electron chi connectivity index (χ2n) is 5.82. The fourth-order valence-electron chi connectivity index (χ4n) is 2.66. The van der Waals surface area contributed by atoms with Crippen LogP contribution in [0.2, 0.25) is 0 Å². The van der Waals surface area contributed by atoms with Gasteiger partial charge in [-0.2, -0.15) is 4.98 Å². The first-order valence-electron chi connectivity index (χ1n) is 7.90. The van der Waals surface area contributed by atoms with Crippen molar-refractivity contribution in [3.05, 3.63) is 41.8 Å². The summed E-state index contributed by atoms with van der Waals surface area (Å²) in [6.45, 7) is 6.26. The number of hydrogen-bond acceptors (Lipinski definition) is 5. The van der Waals surface area contributed by atoms with Crippen LogP contribution in [0.25, 0.3) is 0 Å². The van der Waals surface area contributed by atoms with Crippen LogP contribution in [0.15, 0.2) is 30.3 Å². The molecular weight excluding hydrogens is 309 g/mol. The van der Waals surface area contributed by atoms with Crippen LogP contribution in [0.4, 0.5) is 21.8 Å². The Morgan fingerprint density at radius 1 is 1.12 bits per heavy atom. The molecule has 1 N–H and O–H groups in total. The number of hydrogen-bond donors (Lipinski definition) is 1. The van der Waals surface area contributed by atoms with E-state index in [9.17, 15) is 9.18 Å². The number of carbonyl (C=O) groups excluding carboxylic acids is 1. The van der Waals surface area contributed by atoms with Crippen LogP contribution in [0, 0.1) is 12.7 Å². The fraction of sp³-hybridized carbons (Fsp3) is 0.353. The summed E-state index contributed by atoms with van der Waals surface area (Å²) in [5.41, 5.74) is 1.61. The van der Waals surface area contributed by atoms with E-state index in [2.05, 4.69) is 20.2 Å². The zero-order valence-electron chi connectivity index (χ0n) is 13.8. The van der Waals surface area contributed by atoms with E-state index >= 15 is 0 Å². The van der Waals surface area contributed by atoms with Gasteiger partial charge < -0.3 is 15.1 Å². The molecule has 0 atom stereocenters. The highest BCUT2D eigenvalue weighted by molar-refractivity contribution is 5.73. The van der Waals surface area contributed by atoms with Crippen molar-refractivity contribution in [2.45, 2.75) is 13.8 Å². The van der Waals surface area contributed by atoms with Crippen molar-refractivity contribution in [1.82, 2.24) is 14.9 Å². The molecule has 126 valence electrons. The minimum atomic E-state index is -0.275. The summed E-state index contributed by atoms with van der Waals surface area (Å²) >= 11 is 0. The molecule has 6 nitrogen and oxygen atoms in total. The summed E-state index contributed by atoms with van der Waals surface area (Å²) in [6.07, 6.45) is 0. The average Bonchev–Trinajstić information content (AvgIpc) is 2.56. The molecule has 0 bridgehead atoms. The number of benzene rings is 1. The third-order valence-electron chi connectivity index (χ3n) is 3.97. The second-order valence-corrected chi connectivity index (χ2v) is 5.82. The Labute approximate surface area is 140 Å². The second kappa shape index (κ2) is 6.82. The maximum absolute atomic E-state index is 13.0. The van der Waals surface area contributed by atoms with E-state index < -0.39 is 0 Å². The quantitative estimate of drug-likeness (QED) is 0.936. The Morgan fingerprint density at radius 2 is 1.79 bits per heavy atom. The number of anilines is 3. The van der Waals surface area contributed by atoms with Gasteiger partial charge in [0, 0.05) is 50.6 Å². The maximum Gasteiger partial charge on any atom is 0.227 e. The van der Waals surface area contributed by atoms with Crippen molar-refractivity contribution in [2.75, 3.05) is 36.4 Å². The molecule has 2 heterocycles. The molecule has 0 spiro atoms. The van der Waals surface area contributed by atoms with Gasteiger partial charge in [0.05, 0.1) is 0 Å². The van der Waals surface area contributed by atoms with Gasteiger partial charge in [-0.25, -0.2) is 9.37 Å². The SMILES string of the molecule is CC(=O)N1CCN(c2nc(C)cc(Nc3ccc(F)cc3)n2)CC1. The summed E-state index contributed by atoms with van der Waals surface area (Å²) in [7, 11) is 0. The molecule has 3 rings (SSSR count). The number of aryl methyl sites for hydroxylation is 1. The number of amides is 1. The van der Waals surface area contributed by atoms with Crippen molar-refractivity contribution < 1.29 is 9.18 Å². The first kappa shape index (κ1) is 16.2. The Hall–Kier alpha value is -2.70. The van der Waals surface area contributed by atoms with Crippen LogP contribution in [0.1, 0.15) is 12.6 Å². The van der Waals surface area contributed by atoms with Crippen LogP contribution in [-0.4, -0.2) is 47.0 Å². The van der Waals surface area contributed by atoms with E-state index in [0.717, 1.165) is 11.4 Å². The van der Waals surface area contributed by atoms with Gasteiger partial charge in [-0.3, -0.25) is 4.79 Å². The molecule has 1 aromatic heterocycles. The van der Waals surface area contributed by atoms with Gasteiger partial charge in [0.2, 0.25) is 11.9 Å². The minimum Gasteiger partial charge on any atom is -0.340 e. The summed E-state index contributed by atoms with van der Waals surface area (Å²) in [4.78, 5) is 24.4. The van der Waals surface area contributed by atoms with Crippen molar-refractivity contribution in [3.8, 4) is 0 Å². The van der Waals surface area contributed by atoms with Gasteiger partial charge in [-0.1, -0.05) is 0 Å². The molecule has 0 aliphatic carbocycles. The lowest BCUT2D eigenvalue weighted by molar-refractivity contribution is -0.129. The van der Waals surface area contributed by atoms with Gasteiger partial charge in [0.25, 0.3) is 0 Å². The van der Waals surface area contributed by atoms with E-state index in [-0.39, 0.29) is 11.7 Å². The van der Waals surface area contributed by atoms with Crippen molar-refractivity contribution in [1.29, 1.82) is 0 Å². The normalized spacial score (nSPS) is 14.6. The van der Waals surface area contributed by atoms with Gasteiger partial charge >= 0.3 is 0 Å². The molecule has 0 unspecified atom stereocenters. The van der Waals surface area contributed by atoms with E-state index in [1.165, 1.54) is 12.1 Å². The number of halogens is 1. The average molecular weight is 329 g/mol. The number of rotatable bonds is 3. The third-order valence-corrected chi connectivity index (χ3v) is 3.97. The fourth-order valence-corrected chi connectivity index (χ4v) is 2.66. The summed E-state index contributed by atoms with van der Waals surface area (Å²) in [5, 5.41) is 3.17. The predicted molar refractivity (Wildman–Crippen MR) is 90.9 cm³/mol. The number of piperazine rings is 1. The van der Waals surface area contributed by atoms with E-state index in [1.54, 1.807) is 19.1 Å². The molecule has 1 aromatic carbocycles. The highest BCUT2D eigenvalue weighted by Gasteiger charge is 2.21. The summed E-state index contributed by atoms with van der Waals surface area (Å²) < 4.78 is 13.0. The minimum absolute atomic E-state index is 0.0958. The number of nitrogens with zero attached hydrogens (tertiary/aromatic N) is 4. The molecule has 1 amide bonds. The topological polar surface area (TPSA) is 61.4 Å². The molecule has 2 aromatic rings. The van der Waals surface area contributed by atoms with Crippen LogP contribution in [0.3, 0.4) is 0 Å². The Kier molecular flexibility index (Phi) is 4.59. The summed E-state index contributed by atoms with van der Waals surface area (Å²) in [5.74, 6) is 1.13. The van der Waals surface area contributed by atoms with Crippen LogP contribution in [0.5, 0.6) is 0 Å². The molecule has 1 aliphatic rings. The Balaban J connectivity index is 1.74. The number of aromatic nitrogens is 2. The molecular formula is C17H20FN5O. The lowest BCUT2D eigenvalue weighted by atomic mass is 10.3. The van der Waals surface area contributed by atoms with Crippen molar-refractivity contribution in [3.63, 3.8) is 0 Å². The zero-order chi connectivity index (χ0) is 17.1. The summed E-state index contributed by atoms with van der Waals surface area (Å²) in [6, 6.07) is 7.98. The highest BCUT2D eigenvalue weighted by Crippen LogP contribution is 2.19. The molecule has 0 saturated carbocycles. The lowest BCUT2D eigenvalue weighted by Crippen LogP contribution is -2.48. The van der Waals surface area contributed by atoms with E-state index in [4.69, 9.17) is 0 Å². The van der Waals surface area contributed by atoms with Crippen molar-refractivity contribution in [2.24, 2.45) is 0 Å². The number of carbonyl (C=O) groups is 1. The van der Waals surface area contributed by atoms with Crippen LogP contribution in [-0.2, 0) is 4.79 Å². The van der Waals surface area contributed by atoms with E-state index in [1.807, 2.05) is 17.9 Å². The molecule has 1 saturated heterocycles. The molecule has 0 radical (unpaired) electrons. The van der Waals surface area contributed by atoms with Gasteiger partial charge in [-0.05, 0) is 31.2 Å². The van der Waals surface area contributed by atoms with Crippen LogP contribution < -0.4 is 10.2 Å². The largest absolute Gasteiger partial charge is 0.340 e. The van der Waals surface area contributed by atoms with Crippen molar-refractivity contribution >= 4 is 23.4 Å². The van der Waals surface area contributed by atoms with Gasteiger partial charge in [0.1, 0.15) is 11.6 Å². The monoisotopic (exact) mass is 329 g/mol. The first-order valence-corrected chi connectivity index (χ1v) is 7.90. The van der Waals surface area contributed by atoms with Gasteiger partial charge in [-0.15, -0.1) is 0 Å². The zero-order valence-corrected chi connectivity index (χ0v) is 13.8. The molecule has 1 aliphatic heterocycles. The third kappa shape index (κ3) is 3.79. The Bertz CT molecular complexity index is 726.